The van der Waals surface area contributed by atoms with Gasteiger partial charge in [0, 0.05) is 16.9 Å². The van der Waals surface area contributed by atoms with E-state index in [2.05, 4.69) is 0 Å². The molecule has 1 amide bonds. The number of thiophene rings is 1. The molecule has 1 atom stereocenters. The molecule has 2 N–H and O–H groups in total. The van der Waals surface area contributed by atoms with Crippen LogP contribution >= 0.6 is 11.3 Å². The van der Waals surface area contributed by atoms with Crippen molar-refractivity contribution in [3.05, 3.63) is 29.1 Å². The first-order valence-electron chi connectivity index (χ1n) is 6.78. The van der Waals surface area contributed by atoms with Crippen LogP contribution in [0.25, 0.3) is 10.1 Å². The lowest BCUT2D eigenvalue weighted by atomic mass is 10.2. The van der Waals surface area contributed by atoms with E-state index in [1.807, 2.05) is 24.3 Å². The van der Waals surface area contributed by atoms with Crippen molar-refractivity contribution in [1.29, 1.82) is 0 Å². The first-order chi connectivity index (χ1) is 10.1. The Labute approximate surface area is 126 Å². The number of benzene rings is 1. The van der Waals surface area contributed by atoms with Crippen LogP contribution in [0.5, 0.6) is 0 Å². The number of fused-ring (bicyclic) bond motifs is 1. The molecular formula is C15H16N2O3S. The van der Waals surface area contributed by atoms with E-state index in [-0.39, 0.29) is 11.9 Å². The van der Waals surface area contributed by atoms with Gasteiger partial charge in [-0.1, -0.05) is 0 Å². The van der Waals surface area contributed by atoms with Gasteiger partial charge in [-0.3, -0.25) is 4.79 Å². The summed E-state index contributed by atoms with van der Waals surface area (Å²) < 4.78 is 5.79. The first kappa shape index (κ1) is 13.9. The maximum absolute atomic E-state index is 12.6. The van der Waals surface area contributed by atoms with Crippen molar-refractivity contribution < 1.29 is 14.3 Å². The molecule has 5 nitrogen and oxygen atoms in total. The molecule has 1 fully saturated rings. The molecule has 110 valence electrons. The van der Waals surface area contributed by atoms with Gasteiger partial charge in [0.2, 0.25) is 0 Å². The number of anilines is 1. The number of carbonyl (C=O) groups is 2. The maximum atomic E-state index is 12.6. The minimum absolute atomic E-state index is 0.109. The zero-order valence-electron chi connectivity index (χ0n) is 11.7. The van der Waals surface area contributed by atoms with Gasteiger partial charge in [0.1, 0.15) is 6.04 Å². The SMILES string of the molecule is COC(=O)C1CCCN1C(=O)c1cc2cc(N)ccc2s1. The quantitative estimate of drug-likeness (QED) is 0.682. The van der Waals surface area contributed by atoms with Crippen molar-refractivity contribution in [3.63, 3.8) is 0 Å². The molecule has 0 spiro atoms. The van der Waals surface area contributed by atoms with Crippen LogP contribution in [0.1, 0.15) is 22.5 Å². The lowest BCUT2D eigenvalue weighted by molar-refractivity contribution is -0.145. The molecule has 2 aromatic rings. The highest BCUT2D eigenvalue weighted by Crippen LogP contribution is 2.30. The smallest absolute Gasteiger partial charge is 0.328 e. The van der Waals surface area contributed by atoms with E-state index in [9.17, 15) is 9.59 Å². The summed E-state index contributed by atoms with van der Waals surface area (Å²) in [6, 6.07) is 6.96. The molecule has 0 bridgehead atoms. The fraction of sp³-hybridized carbons (Fsp3) is 0.333. The number of amides is 1. The van der Waals surface area contributed by atoms with Gasteiger partial charge in [0.05, 0.1) is 12.0 Å². The zero-order valence-corrected chi connectivity index (χ0v) is 12.5. The van der Waals surface area contributed by atoms with Gasteiger partial charge in [-0.05, 0) is 42.5 Å². The fourth-order valence-corrected chi connectivity index (χ4v) is 3.70. The number of hydrogen-bond donors (Lipinski definition) is 1. The van der Waals surface area contributed by atoms with Crippen molar-refractivity contribution in [2.45, 2.75) is 18.9 Å². The van der Waals surface area contributed by atoms with Gasteiger partial charge in [-0.2, -0.15) is 0 Å². The summed E-state index contributed by atoms with van der Waals surface area (Å²) >= 11 is 1.42. The number of likely N-dealkylation sites (tertiary alicyclic amines) is 1. The van der Waals surface area contributed by atoms with Gasteiger partial charge >= 0.3 is 5.97 Å². The monoisotopic (exact) mass is 304 g/mol. The Morgan fingerprint density at radius 1 is 1.38 bits per heavy atom. The molecule has 0 radical (unpaired) electrons. The van der Waals surface area contributed by atoms with E-state index in [4.69, 9.17) is 10.5 Å². The normalized spacial score (nSPS) is 18.1. The Kier molecular flexibility index (Phi) is 3.55. The molecule has 21 heavy (non-hydrogen) atoms. The van der Waals surface area contributed by atoms with E-state index in [0.29, 0.717) is 23.5 Å². The number of hydrogen-bond acceptors (Lipinski definition) is 5. The van der Waals surface area contributed by atoms with E-state index in [1.165, 1.54) is 18.4 Å². The summed E-state index contributed by atoms with van der Waals surface area (Å²) in [5, 5.41) is 0.956. The second-order valence-corrected chi connectivity index (χ2v) is 6.17. The van der Waals surface area contributed by atoms with Crippen molar-refractivity contribution in [2.24, 2.45) is 0 Å². The van der Waals surface area contributed by atoms with Crippen LogP contribution in [-0.2, 0) is 9.53 Å². The fourth-order valence-electron chi connectivity index (χ4n) is 2.70. The van der Waals surface area contributed by atoms with E-state index in [1.54, 1.807) is 4.90 Å². The molecule has 1 saturated heterocycles. The highest BCUT2D eigenvalue weighted by atomic mass is 32.1. The number of nitrogen functional groups attached to an aromatic ring is 1. The van der Waals surface area contributed by atoms with Crippen LogP contribution in [0.2, 0.25) is 0 Å². The number of nitrogens with zero attached hydrogens (tertiary/aromatic N) is 1. The molecule has 1 aliphatic heterocycles. The minimum Gasteiger partial charge on any atom is -0.467 e. The van der Waals surface area contributed by atoms with Crippen LogP contribution in [0.4, 0.5) is 5.69 Å². The van der Waals surface area contributed by atoms with E-state index in [0.717, 1.165) is 16.5 Å². The average molecular weight is 304 g/mol. The van der Waals surface area contributed by atoms with Gasteiger partial charge in [-0.25, -0.2) is 4.79 Å². The zero-order chi connectivity index (χ0) is 15.0. The Bertz CT molecular complexity index is 710. The first-order valence-corrected chi connectivity index (χ1v) is 7.59. The summed E-state index contributed by atoms with van der Waals surface area (Å²) in [4.78, 5) is 26.6. The molecular weight excluding hydrogens is 288 g/mol. The summed E-state index contributed by atoms with van der Waals surface area (Å²) in [5.74, 6) is -0.450. The molecule has 1 aliphatic rings. The number of ether oxygens (including phenoxy) is 1. The Morgan fingerprint density at radius 3 is 2.95 bits per heavy atom. The Balaban J connectivity index is 1.91. The predicted molar refractivity (Wildman–Crippen MR) is 82.3 cm³/mol. The average Bonchev–Trinajstić information content (AvgIpc) is 3.11. The molecule has 0 saturated carbocycles. The molecule has 6 heteroatoms. The predicted octanol–water partition coefficient (Wildman–Crippen LogP) is 2.26. The lowest BCUT2D eigenvalue weighted by Gasteiger charge is -2.21. The lowest BCUT2D eigenvalue weighted by Crippen LogP contribution is -2.40. The standard InChI is InChI=1S/C15H16N2O3S/c1-20-15(19)11-3-2-6-17(11)14(18)13-8-9-7-10(16)4-5-12(9)21-13/h4-5,7-8,11H,2-3,6,16H2,1H3. The van der Waals surface area contributed by atoms with Crippen LogP contribution in [0, 0.1) is 0 Å². The summed E-state index contributed by atoms with van der Waals surface area (Å²) in [5.41, 5.74) is 6.43. The van der Waals surface area contributed by atoms with E-state index < -0.39 is 6.04 Å². The molecule has 1 aromatic carbocycles. The van der Waals surface area contributed by atoms with Crippen LogP contribution in [-0.4, -0.2) is 36.5 Å². The van der Waals surface area contributed by atoms with Crippen molar-refractivity contribution in [2.75, 3.05) is 19.4 Å². The van der Waals surface area contributed by atoms with Crippen LogP contribution in [0.15, 0.2) is 24.3 Å². The molecule has 0 aliphatic carbocycles. The second-order valence-electron chi connectivity index (χ2n) is 5.09. The topological polar surface area (TPSA) is 72.6 Å². The summed E-state index contributed by atoms with van der Waals surface area (Å²) in [7, 11) is 1.35. The minimum atomic E-state index is -0.460. The van der Waals surface area contributed by atoms with Gasteiger partial charge in [-0.15, -0.1) is 11.3 Å². The molecule has 2 heterocycles. The van der Waals surface area contributed by atoms with Crippen molar-refractivity contribution in [1.82, 2.24) is 4.90 Å². The summed E-state index contributed by atoms with van der Waals surface area (Å²) in [6.45, 7) is 0.592. The molecule has 1 unspecified atom stereocenters. The van der Waals surface area contributed by atoms with Gasteiger partial charge in [0.15, 0.2) is 0 Å². The second kappa shape index (κ2) is 5.37. The third-order valence-electron chi connectivity index (χ3n) is 3.74. The highest BCUT2D eigenvalue weighted by molar-refractivity contribution is 7.20. The molecule has 1 aromatic heterocycles. The number of carbonyl (C=O) groups excluding carboxylic acids is 2. The number of rotatable bonds is 2. The number of nitrogens with two attached hydrogens (primary N) is 1. The summed E-state index contributed by atoms with van der Waals surface area (Å²) in [6.07, 6.45) is 1.49. The third-order valence-corrected chi connectivity index (χ3v) is 4.84. The van der Waals surface area contributed by atoms with E-state index >= 15 is 0 Å². The van der Waals surface area contributed by atoms with Crippen molar-refractivity contribution in [3.8, 4) is 0 Å². The Morgan fingerprint density at radius 2 is 2.19 bits per heavy atom. The Hall–Kier alpha value is -2.08. The highest BCUT2D eigenvalue weighted by Gasteiger charge is 2.35. The number of methoxy groups -OCH3 is 1. The third kappa shape index (κ3) is 2.47. The molecule has 3 rings (SSSR count). The van der Waals surface area contributed by atoms with Crippen LogP contribution < -0.4 is 5.73 Å². The van der Waals surface area contributed by atoms with Gasteiger partial charge in [0.25, 0.3) is 5.91 Å². The largest absolute Gasteiger partial charge is 0.467 e. The van der Waals surface area contributed by atoms with Crippen molar-refractivity contribution >= 4 is 39.0 Å². The van der Waals surface area contributed by atoms with Crippen LogP contribution in [0.3, 0.4) is 0 Å². The maximum Gasteiger partial charge on any atom is 0.328 e. The van der Waals surface area contributed by atoms with Gasteiger partial charge < -0.3 is 15.4 Å². The number of esters is 1.